The minimum atomic E-state index is -1.08. The Kier molecular flexibility index (Phi) is 19.8. The number of benzene rings is 2. The van der Waals surface area contributed by atoms with Crippen molar-refractivity contribution < 1.29 is 99.4 Å². The standard InChI is InChI=1S/C14H21BO3.C12H24B2O4.C8H9BrO.C2H4O2.CH4.K/c1-10(16)11-7-6-8-12(9-11)15-17-13(2,3)14(4,5)18-15;1-9(2)10(3,4)16-13(15-9)14-17-11(5,6)12(7,8)18-14;1-6(10)7-3-2-4-8(9)5-7;1-2(3)4;;/h6-10,16H,1-5H3;1-8H3;2-6,10H,1H3;1H3,(H,3,4);1H4;/q;;;;;+1/p-1/t10-;;6-;;;/m1.1.../s1. The molecule has 2 aromatic carbocycles. The Bertz CT molecular complexity index is 1350. The molecule has 0 aliphatic carbocycles. The van der Waals surface area contributed by atoms with E-state index in [9.17, 15) is 5.11 Å². The van der Waals surface area contributed by atoms with Crippen LogP contribution in [0, 0.1) is 0 Å². The molecular formula is C37H61B3BrKO10. The van der Waals surface area contributed by atoms with Gasteiger partial charge >= 0.3 is 72.5 Å². The molecule has 0 unspecified atom stereocenters. The first kappa shape index (κ1) is 51.9. The number of carboxylic acid groups (broad SMARTS) is 1. The summed E-state index contributed by atoms with van der Waals surface area (Å²) in [7, 11) is -1.32. The zero-order chi connectivity index (χ0) is 38.7. The van der Waals surface area contributed by atoms with Crippen LogP contribution >= 0.6 is 15.9 Å². The van der Waals surface area contributed by atoms with E-state index in [1.165, 1.54) is 0 Å². The average molecular weight is 817 g/mol. The molecule has 15 heteroatoms. The molecule has 0 aromatic heterocycles. The fourth-order valence-corrected chi connectivity index (χ4v) is 5.13. The third-order valence-corrected chi connectivity index (χ3v) is 10.5. The van der Waals surface area contributed by atoms with E-state index in [1.54, 1.807) is 13.8 Å². The first-order valence-corrected chi connectivity index (χ1v) is 17.8. The number of aliphatic hydroxyl groups excluding tert-OH is 2. The van der Waals surface area contributed by atoms with Gasteiger partial charge in [-0.3, -0.25) is 0 Å². The van der Waals surface area contributed by atoms with E-state index in [0.717, 1.165) is 28.0 Å². The van der Waals surface area contributed by atoms with Crippen LogP contribution in [0.4, 0.5) is 0 Å². The maximum atomic E-state index is 9.61. The molecule has 2 aromatic rings. The number of hydrogen-bond donors (Lipinski definition) is 2. The van der Waals surface area contributed by atoms with E-state index in [4.69, 9.17) is 42.9 Å². The summed E-state index contributed by atoms with van der Waals surface area (Å²) in [5.41, 5.74) is 0.658. The molecule has 286 valence electrons. The van der Waals surface area contributed by atoms with Gasteiger partial charge in [-0.05, 0) is 133 Å². The van der Waals surface area contributed by atoms with Crippen molar-refractivity contribution in [2.45, 2.75) is 157 Å². The monoisotopic (exact) mass is 816 g/mol. The number of carbonyl (C=O) groups excluding carboxylic acids is 1. The topological polar surface area (TPSA) is 136 Å². The summed E-state index contributed by atoms with van der Waals surface area (Å²) < 4.78 is 36.8. The maximum Gasteiger partial charge on any atom is 1.00 e. The van der Waals surface area contributed by atoms with Crippen LogP contribution in [0.5, 0.6) is 0 Å². The second-order valence-corrected chi connectivity index (χ2v) is 16.8. The number of carboxylic acids is 1. The van der Waals surface area contributed by atoms with Crippen molar-refractivity contribution in [1.82, 2.24) is 0 Å². The summed E-state index contributed by atoms with van der Waals surface area (Å²) >= 11 is 3.32. The van der Waals surface area contributed by atoms with E-state index >= 15 is 0 Å². The SMILES string of the molecule is C.CC(=O)[O-].CC1(C)OB(B2OC(C)(C)C(C)(C)O2)OC1(C)C.C[C@@H](O)c1cccc(B2OC(C)(C)C(C)(C)O2)c1.C[C@@H](O)c1cccc(Br)c1.[K+]. The van der Waals surface area contributed by atoms with E-state index in [1.807, 2.05) is 132 Å². The Morgan fingerprint density at radius 3 is 1.21 bits per heavy atom. The molecule has 5 rings (SSSR count). The van der Waals surface area contributed by atoms with Gasteiger partial charge in [0.25, 0.3) is 0 Å². The molecule has 3 saturated heterocycles. The zero-order valence-electron chi connectivity index (χ0n) is 33.5. The maximum absolute atomic E-state index is 9.61. The van der Waals surface area contributed by atoms with E-state index in [2.05, 4.69) is 15.9 Å². The van der Waals surface area contributed by atoms with Crippen molar-refractivity contribution in [3.63, 3.8) is 0 Å². The number of halogens is 1. The van der Waals surface area contributed by atoms with Gasteiger partial charge in [0.15, 0.2) is 0 Å². The molecule has 0 radical (unpaired) electrons. The molecule has 52 heavy (non-hydrogen) atoms. The predicted molar refractivity (Wildman–Crippen MR) is 207 cm³/mol. The molecule has 3 aliphatic heterocycles. The summed E-state index contributed by atoms with van der Waals surface area (Å²) in [5.74, 6) is -1.08. The van der Waals surface area contributed by atoms with Gasteiger partial charge in [0.1, 0.15) is 0 Å². The molecule has 0 saturated carbocycles. The van der Waals surface area contributed by atoms with Crippen LogP contribution < -0.4 is 62.0 Å². The van der Waals surface area contributed by atoms with Crippen molar-refractivity contribution in [2.24, 2.45) is 0 Å². The third kappa shape index (κ3) is 13.8. The fraction of sp³-hybridized carbons (Fsp3) is 0.649. The normalized spacial score (nSPS) is 22.1. The summed E-state index contributed by atoms with van der Waals surface area (Å²) in [6, 6.07) is 15.4. The minimum absolute atomic E-state index is 0. The van der Waals surface area contributed by atoms with Crippen molar-refractivity contribution in [2.75, 3.05) is 0 Å². The first-order valence-electron chi connectivity index (χ1n) is 17.0. The number of aliphatic carboxylic acids is 1. The Hall–Kier alpha value is -0.0988. The molecule has 3 heterocycles. The molecule has 3 aliphatic rings. The van der Waals surface area contributed by atoms with Gasteiger partial charge in [0, 0.05) is 10.4 Å². The first-order chi connectivity index (χ1) is 22.5. The van der Waals surface area contributed by atoms with Gasteiger partial charge in [-0.1, -0.05) is 59.8 Å². The molecular weight excluding hydrogens is 756 g/mol. The Morgan fingerprint density at radius 1 is 0.635 bits per heavy atom. The van der Waals surface area contributed by atoms with Gasteiger partial charge < -0.3 is 48.0 Å². The van der Waals surface area contributed by atoms with E-state index in [0.29, 0.717) is 0 Å². The van der Waals surface area contributed by atoms with Gasteiger partial charge in [-0.15, -0.1) is 0 Å². The Balaban J connectivity index is 0.000000723. The van der Waals surface area contributed by atoms with Gasteiger partial charge in [0.05, 0.1) is 45.8 Å². The Morgan fingerprint density at radius 2 is 0.923 bits per heavy atom. The molecule has 0 spiro atoms. The Labute approximate surface area is 365 Å². The van der Waals surface area contributed by atoms with Crippen LogP contribution in [0.3, 0.4) is 0 Å². The molecule has 2 atom stereocenters. The van der Waals surface area contributed by atoms with Crippen LogP contribution in [0.2, 0.25) is 0 Å². The summed E-state index contributed by atoms with van der Waals surface area (Å²) in [4.78, 5) is 8.89. The molecule has 10 nitrogen and oxygen atoms in total. The fourth-order valence-electron chi connectivity index (χ4n) is 4.71. The summed E-state index contributed by atoms with van der Waals surface area (Å²) in [5, 5.41) is 27.6. The number of hydrogen-bond acceptors (Lipinski definition) is 10. The molecule has 3 fully saturated rings. The second-order valence-electron chi connectivity index (χ2n) is 15.9. The van der Waals surface area contributed by atoms with Crippen molar-refractivity contribution in [3.8, 4) is 0 Å². The summed E-state index contributed by atoms with van der Waals surface area (Å²) in [6.07, 6.45) is -0.857. The number of aliphatic hydroxyl groups is 2. The molecule has 0 amide bonds. The van der Waals surface area contributed by atoms with Crippen molar-refractivity contribution >= 4 is 48.5 Å². The van der Waals surface area contributed by atoms with Crippen molar-refractivity contribution in [1.29, 1.82) is 0 Å². The smallest absolute Gasteiger partial charge is 0.550 e. The van der Waals surface area contributed by atoms with Gasteiger partial charge in [-0.2, -0.15) is 0 Å². The predicted octanol–water partition coefficient (Wildman–Crippen LogP) is 3.19. The van der Waals surface area contributed by atoms with Crippen LogP contribution in [-0.2, 0) is 32.7 Å². The molecule has 2 N–H and O–H groups in total. The van der Waals surface area contributed by atoms with Crippen molar-refractivity contribution in [3.05, 3.63) is 64.1 Å². The van der Waals surface area contributed by atoms with Gasteiger partial charge in [0.2, 0.25) is 0 Å². The van der Waals surface area contributed by atoms with Crippen LogP contribution in [0.25, 0.3) is 0 Å². The zero-order valence-corrected chi connectivity index (χ0v) is 38.3. The van der Waals surface area contributed by atoms with E-state index < -0.39 is 26.1 Å². The van der Waals surface area contributed by atoms with Gasteiger partial charge in [-0.25, -0.2) is 0 Å². The number of carbonyl (C=O) groups is 1. The van der Waals surface area contributed by atoms with Crippen LogP contribution in [0.1, 0.15) is 135 Å². The second kappa shape index (κ2) is 19.9. The van der Waals surface area contributed by atoms with Crippen LogP contribution in [-0.4, -0.2) is 70.9 Å². The minimum Gasteiger partial charge on any atom is -0.550 e. The largest absolute Gasteiger partial charge is 1.00 e. The number of rotatable bonds is 4. The molecule has 0 bridgehead atoms. The summed E-state index contributed by atoms with van der Waals surface area (Å²) in [6.45, 7) is 28.8. The quantitative estimate of drug-likeness (QED) is 0.444. The van der Waals surface area contributed by atoms with E-state index in [-0.39, 0.29) is 106 Å². The van der Waals surface area contributed by atoms with Crippen LogP contribution in [0.15, 0.2) is 53.0 Å². The third-order valence-electron chi connectivity index (χ3n) is 10.0. The average Bonchev–Trinajstić information content (AvgIpc) is 3.42.